The standard InChI is InChI=1S/C12H25NO2/c1-11-5-3-6-12(11)13-7-4-8-15-10-9-14-2/h11-13H,3-10H2,1-2H3. The lowest BCUT2D eigenvalue weighted by Gasteiger charge is -2.16. The molecule has 0 aliphatic heterocycles. The van der Waals surface area contributed by atoms with Crippen LogP contribution >= 0.6 is 0 Å². The van der Waals surface area contributed by atoms with Crippen molar-refractivity contribution in [2.45, 2.75) is 38.6 Å². The van der Waals surface area contributed by atoms with Crippen LogP contribution in [-0.4, -0.2) is 39.5 Å². The van der Waals surface area contributed by atoms with Crippen LogP contribution in [0.5, 0.6) is 0 Å². The van der Waals surface area contributed by atoms with Crippen molar-refractivity contribution in [1.82, 2.24) is 5.32 Å². The first-order valence-corrected chi connectivity index (χ1v) is 6.14. The van der Waals surface area contributed by atoms with Crippen LogP contribution in [0.2, 0.25) is 0 Å². The molecule has 0 aromatic rings. The number of hydrogen-bond acceptors (Lipinski definition) is 3. The molecule has 0 aromatic heterocycles. The number of rotatable bonds is 8. The lowest BCUT2D eigenvalue weighted by atomic mass is 10.1. The molecular formula is C12H25NO2. The highest BCUT2D eigenvalue weighted by Crippen LogP contribution is 2.24. The predicted octanol–water partition coefficient (Wildman–Crippen LogP) is 1.82. The van der Waals surface area contributed by atoms with Gasteiger partial charge in [0.15, 0.2) is 0 Å². The van der Waals surface area contributed by atoms with Crippen molar-refractivity contribution in [3.05, 3.63) is 0 Å². The number of ether oxygens (including phenoxy) is 2. The summed E-state index contributed by atoms with van der Waals surface area (Å²) in [6, 6.07) is 0.754. The molecule has 1 rings (SSSR count). The number of hydrogen-bond donors (Lipinski definition) is 1. The Balaban J connectivity index is 1.84. The van der Waals surface area contributed by atoms with E-state index in [4.69, 9.17) is 9.47 Å². The van der Waals surface area contributed by atoms with Gasteiger partial charge >= 0.3 is 0 Å². The van der Waals surface area contributed by atoms with E-state index < -0.39 is 0 Å². The molecule has 3 nitrogen and oxygen atoms in total. The van der Waals surface area contributed by atoms with Crippen molar-refractivity contribution in [3.63, 3.8) is 0 Å². The Morgan fingerprint density at radius 1 is 1.20 bits per heavy atom. The minimum absolute atomic E-state index is 0.701. The van der Waals surface area contributed by atoms with E-state index in [9.17, 15) is 0 Å². The molecule has 90 valence electrons. The lowest BCUT2D eigenvalue weighted by molar-refractivity contribution is 0.0691. The average Bonchev–Trinajstić information content (AvgIpc) is 2.63. The molecule has 0 amide bonds. The number of nitrogens with one attached hydrogen (secondary N) is 1. The molecule has 1 fully saturated rings. The predicted molar refractivity (Wildman–Crippen MR) is 62.1 cm³/mol. The summed E-state index contributed by atoms with van der Waals surface area (Å²) >= 11 is 0. The van der Waals surface area contributed by atoms with E-state index in [1.807, 2.05) is 0 Å². The van der Waals surface area contributed by atoms with Crippen molar-refractivity contribution in [3.8, 4) is 0 Å². The van der Waals surface area contributed by atoms with Crippen molar-refractivity contribution in [2.24, 2.45) is 5.92 Å². The fourth-order valence-electron chi connectivity index (χ4n) is 2.15. The first-order valence-electron chi connectivity index (χ1n) is 6.14. The zero-order valence-corrected chi connectivity index (χ0v) is 10.1. The molecule has 0 heterocycles. The second-order valence-corrected chi connectivity index (χ2v) is 4.43. The fraction of sp³-hybridized carbons (Fsp3) is 1.00. The third kappa shape index (κ3) is 5.50. The van der Waals surface area contributed by atoms with E-state index in [0.29, 0.717) is 6.61 Å². The first-order chi connectivity index (χ1) is 7.34. The minimum atomic E-state index is 0.701. The zero-order chi connectivity index (χ0) is 10.9. The summed E-state index contributed by atoms with van der Waals surface area (Å²) in [7, 11) is 1.70. The lowest BCUT2D eigenvalue weighted by Crippen LogP contribution is -2.32. The van der Waals surface area contributed by atoms with Crippen molar-refractivity contribution in [2.75, 3.05) is 33.5 Å². The SMILES string of the molecule is COCCOCCCNC1CCCC1C. The van der Waals surface area contributed by atoms with Crippen LogP contribution in [0, 0.1) is 5.92 Å². The monoisotopic (exact) mass is 215 g/mol. The minimum Gasteiger partial charge on any atom is -0.382 e. The van der Waals surface area contributed by atoms with E-state index in [1.54, 1.807) is 7.11 Å². The largest absolute Gasteiger partial charge is 0.382 e. The summed E-state index contributed by atoms with van der Waals surface area (Å²) in [6.45, 7) is 5.70. The Hall–Kier alpha value is -0.120. The maximum absolute atomic E-state index is 5.40. The second-order valence-electron chi connectivity index (χ2n) is 4.43. The third-order valence-corrected chi connectivity index (χ3v) is 3.17. The molecule has 1 N–H and O–H groups in total. The van der Waals surface area contributed by atoms with Gasteiger partial charge < -0.3 is 14.8 Å². The van der Waals surface area contributed by atoms with Gasteiger partial charge in [-0.05, 0) is 31.7 Å². The molecule has 15 heavy (non-hydrogen) atoms. The fourth-order valence-corrected chi connectivity index (χ4v) is 2.15. The van der Waals surface area contributed by atoms with E-state index in [0.717, 1.165) is 38.1 Å². The van der Waals surface area contributed by atoms with Crippen molar-refractivity contribution < 1.29 is 9.47 Å². The molecule has 1 aliphatic rings. The zero-order valence-electron chi connectivity index (χ0n) is 10.1. The first kappa shape index (κ1) is 12.9. The Morgan fingerprint density at radius 3 is 2.73 bits per heavy atom. The van der Waals surface area contributed by atoms with Crippen LogP contribution in [-0.2, 0) is 9.47 Å². The van der Waals surface area contributed by atoms with Crippen LogP contribution in [0.15, 0.2) is 0 Å². The van der Waals surface area contributed by atoms with E-state index in [1.165, 1.54) is 19.3 Å². The van der Waals surface area contributed by atoms with Gasteiger partial charge in [-0.25, -0.2) is 0 Å². The van der Waals surface area contributed by atoms with E-state index >= 15 is 0 Å². The van der Waals surface area contributed by atoms with Crippen LogP contribution in [0.3, 0.4) is 0 Å². The van der Waals surface area contributed by atoms with Gasteiger partial charge in [0.1, 0.15) is 0 Å². The van der Waals surface area contributed by atoms with Gasteiger partial charge in [0.05, 0.1) is 13.2 Å². The maximum Gasteiger partial charge on any atom is 0.0700 e. The van der Waals surface area contributed by atoms with Crippen LogP contribution < -0.4 is 5.32 Å². The highest BCUT2D eigenvalue weighted by Gasteiger charge is 2.21. The summed E-state index contributed by atoms with van der Waals surface area (Å²) in [5.41, 5.74) is 0. The van der Waals surface area contributed by atoms with Crippen molar-refractivity contribution in [1.29, 1.82) is 0 Å². The van der Waals surface area contributed by atoms with Gasteiger partial charge in [0.2, 0.25) is 0 Å². The maximum atomic E-state index is 5.40. The van der Waals surface area contributed by atoms with Crippen molar-refractivity contribution >= 4 is 0 Å². The Morgan fingerprint density at radius 2 is 2.07 bits per heavy atom. The average molecular weight is 215 g/mol. The van der Waals surface area contributed by atoms with Gasteiger partial charge in [-0.1, -0.05) is 13.3 Å². The molecular weight excluding hydrogens is 190 g/mol. The van der Waals surface area contributed by atoms with Crippen LogP contribution in [0.25, 0.3) is 0 Å². The topological polar surface area (TPSA) is 30.5 Å². The van der Waals surface area contributed by atoms with Gasteiger partial charge in [0.25, 0.3) is 0 Å². The number of methoxy groups -OCH3 is 1. The van der Waals surface area contributed by atoms with E-state index in [2.05, 4.69) is 12.2 Å². The van der Waals surface area contributed by atoms with Gasteiger partial charge in [-0.15, -0.1) is 0 Å². The molecule has 3 heteroatoms. The molecule has 2 unspecified atom stereocenters. The Kier molecular flexibility index (Phi) is 6.98. The van der Waals surface area contributed by atoms with Gasteiger partial charge in [0, 0.05) is 19.8 Å². The van der Waals surface area contributed by atoms with Gasteiger partial charge in [-0.2, -0.15) is 0 Å². The molecule has 1 saturated carbocycles. The van der Waals surface area contributed by atoms with Gasteiger partial charge in [-0.3, -0.25) is 0 Å². The van der Waals surface area contributed by atoms with E-state index in [-0.39, 0.29) is 0 Å². The molecule has 0 saturated heterocycles. The Bertz CT molecular complexity index is 153. The molecule has 0 bridgehead atoms. The summed E-state index contributed by atoms with van der Waals surface area (Å²) in [5, 5.41) is 3.61. The summed E-state index contributed by atoms with van der Waals surface area (Å²) in [4.78, 5) is 0. The quantitative estimate of drug-likeness (QED) is 0.626. The summed E-state index contributed by atoms with van der Waals surface area (Å²) in [6.07, 6.45) is 5.24. The Labute approximate surface area is 93.5 Å². The molecule has 2 atom stereocenters. The molecule has 0 radical (unpaired) electrons. The second kappa shape index (κ2) is 8.08. The van der Waals surface area contributed by atoms with Crippen LogP contribution in [0.1, 0.15) is 32.6 Å². The molecule has 0 aromatic carbocycles. The summed E-state index contributed by atoms with van der Waals surface area (Å²) in [5.74, 6) is 0.861. The smallest absolute Gasteiger partial charge is 0.0700 e. The van der Waals surface area contributed by atoms with Crippen LogP contribution in [0.4, 0.5) is 0 Å². The highest BCUT2D eigenvalue weighted by molar-refractivity contribution is 4.79. The molecule has 0 spiro atoms. The summed E-state index contributed by atoms with van der Waals surface area (Å²) < 4.78 is 10.3. The highest BCUT2D eigenvalue weighted by atomic mass is 16.5. The molecule has 1 aliphatic carbocycles. The normalized spacial score (nSPS) is 26.0. The third-order valence-electron chi connectivity index (χ3n) is 3.17.